The molecule has 2 aliphatic heterocycles. The number of carbonyl (C=O) groups excluding carboxylic acids is 1. The molecule has 0 N–H and O–H groups in total. The second-order valence-corrected chi connectivity index (χ2v) is 8.63. The molecule has 1 unspecified atom stereocenters. The smallest absolute Gasteiger partial charge is 0.272 e. The topological polar surface area (TPSA) is 92.7 Å². The summed E-state index contributed by atoms with van der Waals surface area (Å²) >= 11 is 0. The van der Waals surface area contributed by atoms with Gasteiger partial charge >= 0.3 is 0 Å². The molecule has 2 aliphatic rings. The van der Waals surface area contributed by atoms with E-state index in [1.165, 1.54) is 0 Å². The first kappa shape index (κ1) is 18.1. The van der Waals surface area contributed by atoms with Gasteiger partial charge in [0.15, 0.2) is 9.84 Å². The summed E-state index contributed by atoms with van der Waals surface area (Å²) in [6.45, 7) is 6.50. The number of rotatable bonds is 4. The zero-order chi connectivity index (χ0) is 18.0. The van der Waals surface area contributed by atoms with Gasteiger partial charge in [0.1, 0.15) is 17.3 Å². The average Bonchev–Trinajstić information content (AvgIpc) is 2.95. The number of hydrogen-bond donors (Lipinski definition) is 0. The number of ether oxygens (including phenoxy) is 1. The normalized spacial score (nSPS) is 22.8. The second-order valence-electron chi connectivity index (χ2n) is 6.41. The highest BCUT2D eigenvalue weighted by Crippen LogP contribution is 2.24. The van der Waals surface area contributed by atoms with Crippen LogP contribution in [0, 0.1) is 6.92 Å². The standard InChI is InChI=1S/C16H24N4O4S/c1-3-20(13-4-9-25(22,23)11-13)15-10-14(17-12(2)18-15)16(21)19-5-7-24-8-6-19/h10,13H,3-9,11H2,1-2H3. The number of carbonyl (C=O) groups is 1. The third kappa shape index (κ3) is 4.09. The van der Waals surface area contributed by atoms with Crippen molar-refractivity contribution in [3.05, 3.63) is 17.6 Å². The van der Waals surface area contributed by atoms with Gasteiger partial charge in [-0.3, -0.25) is 4.79 Å². The lowest BCUT2D eigenvalue weighted by molar-refractivity contribution is 0.0299. The van der Waals surface area contributed by atoms with Gasteiger partial charge in [0.05, 0.1) is 24.7 Å². The molecule has 9 heteroatoms. The van der Waals surface area contributed by atoms with Crippen molar-refractivity contribution in [2.24, 2.45) is 0 Å². The van der Waals surface area contributed by atoms with Crippen LogP contribution in [0.25, 0.3) is 0 Å². The van der Waals surface area contributed by atoms with Crippen molar-refractivity contribution in [2.45, 2.75) is 26.3 Å². The summed E-state index contributed by atoms with van der Waals surface area (Å²) in [5.41, 5.74) is 0.351. The Bertz CT molecular complexity index is 747. The Kier molecular flexibility index (Phi) is 5.24. The zero-order valence-electron chi connectivity index (χ0n) is 14.6. The minimum absolute atomic E-state index is 0.101. The number of amides is 1. The summed E-state index contributed by atoms with van der Waals surface area (Å²) in [5.74, 6) is 1.33. The Morgan fingerprint density at radius 3 is 2.68 bits per heavy atom. The third-order valence-electron chi connectivity index (χ3n) is 4.63. The molecule has 0 saturated carbocycles. The summed E-state index contributed by atoms with van der Waals surface area (Å²) in [7, 11) is -2.99. The Labute approximate surface area is 148 Å². The molecule has 3 rings (SSSR count). The lowest BCUT2D eigenvalue weighted by atomic mass is 10.2. The molecule has 8 nitrogen and oxygen atoms in total. The summed E-state index contributed by atoms with van der Waals surface area (Å²) in [6, 6.07) is 1.58. The Morgan fingerprint density at radius 2 is 2.08 bits per heavy atom. The van der Waals surface area contributed by atoms with E-state index >= 15 is 0 Å². The molecule has 1 atom stereocenters. The van der Waals surface area contributed by atoms with Gasteiger partial charge in [-0.1, -0.05) is 0 Å². The molecule has 0 radical (unpaired) electrons. The van der Waals surface area contributed by atoms with Crippen molar-refractivity contribution in [3.63, 3.8) is 0 Å². The molecule has 0 aliphatic carbocycles. The molecular weight excluding hydrogens is 344 g/mol. The Balaban J connectivity index is 1.86. The fraction of sp³-hybridized carbons (Fsp3) is 0.688. The number of morpholine rings is 1. The van der Waals surface area contributed by atoms with Crippen LogP contribution in [-0.4, -0.2) is 79.6 Å². The van der Waals surface area contributed by atoms with Gasteiger partial charge in [0.2, 0.25) is 0 Å². The van der Waals surface area contributed by atoms with Crippen molar-refractivity contribution >= 4 is 21.6 Å². The summed E-state index contributed by atoms with van der Waals surface area (Å²) in [6.07, 6.45) is 0.589. The number of anilines is 1. The number of hydrogen-bond acceptors (Lipinski definition) is 7. The highest BCUT2D eigenvalue weighted by Gasteiger charge is 2.33. The minimum Gasteiger partial charge on any atom is -0.378 e. The second kappa shape index (κ2) is 7.25. The maximum Gasteiger partial charge on any atom is 0.272 e. The van der Waals surface area contributed by atoms with Gasteiger partial charge < -0.3 is 14.5 Å². The van der Waals surface area contributed by atoms with E-state index in [9.17, 15) is 13.2 Å². The monoisotopic (exact) mass is 368 g/mol. The van der Waals surface area contributed by atoms with Crippen LogP contribution in [0.3, 0.4) is 0 Å². The number of nitrogens with zero attached hydrogens (tertiary/aromatic N) is 4. The molecule has 0 aromatic carbocycles. The highest BCUT2D eigenvalue weighted by molar-refractivity contribution is 7.91. The van der Waals surface area contributed by atoms with Gasteiger partial charge in [-0.05, 0) is 20.3 Å². The van der Waals surface area contributed by atoms with Crippen LogP contribution in [0.5, 0.6) is 0 Å². The molecular formula is C16H24N4O4S. The Morgan fingerprint density at radius 1 is 1.36 bits per heavy atom. The average molecular weight is 368 g/mol. The van der Waals surface area contributed by atoms with Crippen LogP contribution in [0.2, 0.25) is 0 Å². The molecule has 1 aromatic heterocycles. The summed E-state index contributed by atoms with van der Waals surface area (Å²) in [4.78, 5) is 25.1. The van der Waals surface area contributed by atoms with Gasteiger partial charge in [0.25, 0.3) is 5.91 Å². The van der Waals surface area contributed by atoms with Crippen LogP contribution in [0.4, 0.5) is 5.82 Å². The molecule has 1 aromatic rings. The van der Waals surface area contributed by atoms with E-state index in [4.69, 9.17) is 4.74 Å². The first-order chi connectivity index (χ1) is 11.9. The van der Waals surface area contributed by atoms with Crippen LogP contribution in [-0.2, 0) is 14.6 Å². The molecule has 0 spiro atoms. The van der Waals surface area contributed by atoms with E-state index in [0.717, 1.165) is 0 Å². The zero-order valence-corrected chi connectivity index (χ0v) is 15.5. The SMILES string of the molecule is CCN(c1cc(C(=O)N2CCOCC2)nc(C)n1)C1CCS(=O)(=O)C1. The van der Waals surface area contributed by atoms with E-state index < -0.39 is 9.84 Å². The molecule has 3 heterocycles. The summed E-state index contributed by atoms with van der Waals surface area (Å²) in [5, 5.41) is 0. The predicted octanol–water partition coefficient (Wildman–Crippen LogP) is 0.271. The Hall–Kier alpha value is -1.74. The largest absolute Gasteiger partial charge is 0.378 e. The maximum absolute atomic E-state index is 12.7. The van der Waals surface area contributed by atoms with Crippen molar-refractivity contribution in [1.82, 2.24) is 14.9 Å². The fourth-order valence-corrected chi connectivity index (χ4v) is 5.10. The maximum atomic E-state index is 12.7. The molecule has 138 valence electrons. The van der Waals surface area contributed by atoms with Gasteiger partial charge in [-0.15, -0.1) is 0 Å². The van der Waals surface area contributed by atoms with Gasteiger partial charge in [-0.2, -0.15) is 0 Å². The predicted molar refractivity (Wildman–Crippen MR) is 93.6 cm³/mol. The molecule has 2 fully saturated rings. The van der Waals surface area contributed by atoms with Crippen molar-refractivity contribution in [3.8, 4) is 0 Å². The molecule has 0 bridgehead atoms. The fourth-order valence-electron chi connectivity index (χ4n) is 3.37. The van der Waals surface area contributed by atoms with Gasteiger partial charge in [-0.25, -0.2) is 18.4 Å². The van der Waals surface area contributed by atoms with E-state index in [2.05, 4.69) is 9.97 Å². The van der Waals surface area contributed by atoms with Gasteiger partial charge in [0, 0.05) is 31.7 Å². The van der Waals surface area contributed by atoms with Crippen LogP contribution >= 0.6 is 0 Å². The molecule has 25 heavy (non-hydrogen) atoms. The van der Waals surface area contributed by atoms with Crippen molar-refractivity contribution in [2.75, 3.05) is 49.3 Å². The third-order valence-corrected chi connectivity index (χ3v) is 6.38. The first-order valence-electron chi connectivity index (χ1n) is 8.59. The van der Waals surface area contributed by atoms with Crippen molar-refractivity contribution < 1.29 is 17.9 Å². The minimum atomic E-state index is -2.99. The number of aromatic nitrogens is 2. The van der Waals surface area contributed by atoms with E-state index in [0.29, 0.717) is 56.6 Å². The lowest BCUT2D eigenvalue weighted by Crippen LogP contribution is -2.41. The van der Waals surface area contributed by atoms with E-state index in [1.807, 2.05) is 11.8 Å². The number of sulfone groups is 1. The van der Waals surface area contributed by atoms with Crippen LogP contribution in [0.15, 0.2) is 6.07 Å². The first-order valence-corrected chi connectivity index (χ1v) is 10.4. The van der Waals surface area contributed by atoms with Crippen LogP contribution < -0.4 is 4.90 Å². The number of aryl methyl sites for hydroxylation is 1. The quantitative estimate of drug-likeness (QED) is 0.753. The summed E-state index contributed by atoms with van der Waals surface area (Å²) < 4.78 is 28.9. The van der Waals surface area contributed by atoms with E-state index in [-0.39, 0.29) is 23.5 Å². The molecule has 2 saturated heterocycles. The highest BCUT2D eigenvalue weighted by atomic mass is 32.2. The lowest BCUT2D eigenvalue weighted by Gasteiger charge is -2.29. The van der Waals surface area contributed by atoms with Crippen molar-refractivity contribution in [1.29, 1.82) is 0 Å². The molecule has 1 amide bonds. The van der Waals surface area contributed by atoms with E-state index in [1.54, 1.807) is 17.9 Å². The van der Waals surface area contributed by atoms with Crippen LogP contribution in [0.1, 0.15) is 29.7 Å².